The molecule has 0 aliphatic rings. The van der Waals surface area contributed by atoms with Crippen LogP contribution in [-0.4, -0.2) is 31.4 Å². The molecule has 0 rings (SSSR count). The monoisotopic (exact) mass is 260 g/mol. The average Bonchev–Trinajstić information content (AvgIpc) is 1.97. The summed E-state index contributed by atoms with van der Waals surface area (Å²) in [4.78, 5) is 11.0. The van der Waals surface area contributed by atoms with Gasteiger partial charge in [0, 0.05) is 13.0 Å². The molecular formula is C13H28O3Si. The minimum Gasteiger partial charge on any atom is -0.417 e. The topological polar surface area (TPSA) is 46.5 Å². The lowest BCUT2D eigenvalue weighted by Crippen LogP contribution is -2.42. The highest BCUT2D eigenvalue weighted by molar-refractivity contribution is 6.74. The molecule has 0 saturated heterocycles. The van der Waals surface area contributed by atoms with Crippen LogP contribution in [0.3, 0.4) is 0 Å². The summed E-state index contributed by atoms with van der Waals surface area (Å²) in [6.45, 7) is 14.7. The van der Waals surface area contributed by atoms with E-state index in [9.17, 15) is 9.90 Å². The Morgan fingerprint density at radius 1 is 1.24 bits per heavy atom. The fourth-order valence-electron chi connectivity index (χ4n) is 1.37. The van der Waals surface area contributed by atoms with Crippen LogP contribution in [-0.2, 0) is 9.22 Å². The number of rotatable bonds is 6. The summed E-state index contributed by atoms with van der Waals surface area (Å²) >= 11 is 0. The zero-order chi connectivity index (χ0) is 13.9. The van der Waals surface area contributed by atoms with Gasteiger partial charge in [0.25, 0.3) is 0 Å². The van der Waals surface area contributed by atoms with Gasteiger partial charge in [0.1, 0.15) is 5.78 Å². The highest BCUT2D eigenvalue weighted by Gasteiger charge is 2.37. The Hall–Kier alpha value is -0.193. The maximum atomic E-state index is 11.0. The number of carbonyl (C=O) groups excluding carboxylic acids is 1. The predicted octanol–water partition coefficient (Wildman–Crippen LogP) is 3.13. The maximum Gasteiger partial charge on any atom is 0.191 e. The van der Waals surface area contributed by atoms with E-state index in [1.165, 1.54) is 6.92 Å². The van der Waals surface area contributed by atoms with Crippen LogP contribution in [0.15, 0.2) is 0 Å². The molecule has 102 valence electrons. The van der Waals surface area contributed by atoms with Gasteiger partial charge in [-0.15, -0.1) is 0 Å². The van der Waals surface area contributed by atoms with Crippen molar-refractivity contribution in [1.29, 1.82) is 0 Å². The second kappa shape index (κ2) is 5.63. The van der Waals surface area contributed by atoms with Gasteiger partial charge in [-0.05, 0) is 38.4 Å². The van der Waals surface area contributed by atoms with E-state index in [1.54, 1.807) is 6.92 Å². The van der Waals surface area contributed by atoms with E-state index in [0.29, 0.717) is 13.0 Å². The van der Waals surface area contributed by atoms with Crippen molar-refractivity contribution >= 4 is 14.1 Å². The van der Waals surface area contributed by atoms with Crippen LogP contribution in [0.2, 0.25) is 18.1 Å². The van der Waals surface area contributed by atoms with Crippen LogP contribution < -0.4 is 0 Å². The number of aliphatic hydroxyl groups is 1. The molecule has 0 fully saturated rings. The summed E-state index contributed by atoms with van der Waals surface area (Å²) in [6.07, 6.45) is 0.715. The van der Waals surface area contributed by atoms with Gasteiger partial charge in [0.15, 0.2) is 8.32 Å². The number of hydrogen-bond acceptors (Lipinski definition) is 3. The third-order valence-corrected chi connectivity index (χ3v) is 8.08. The molecule has 0 aromatic carbocycles. The van der Waals surface area contributed by atoms with Crippen molar-refractivity contribution in [3.63, 3.8) is 0 Å². The lowest BCUT2D eigenvalue weighted by molar-refractivity contribution is -0.121. The highest BCUT2D eigenvalue weighted by atomic mass is 28.4. The molecule has 1 atom stereocenters. The normalized spacial score (nSPS) is 16.7. The Bertz CT molecular complexity index is 264. The summed E-state index contributed by atoms with van der Waals surface area (Å²) in [7, 11) is -1.74. The Morgan fingerprint density at radius 3 is 2.06 bits per heavy atom. The quantitative estimate of drug-likeness (QED) is 0.746. The standard InChI is InChI=1S/C13H28O3Si/c1-11(14)10-13(5,15)8-9-16-17(6,7)12(2,3)4/h15H,8-10H2,1-7H3. The Kier molecular flexibility index (Phi) is 5.57. The molecule has 0 bridgehead atoms. The first-order valence-electron chi connectivity index (χ1n) is 6.23. The van der Waals surface area contributed by atoms with Gasteiger partial charge in [0.2, 0.25) is 0 Å². The van der Waals surface area contributed by atoms with Crippen LogP contribution in [0.1, 0.15) is 47.5 Å². The Balaban J connectivity index is 4.20. The van der Waals surface area contributed by atoms with Crippen molar-refractivity contribution in [3.05, 3.63) is 0 Å². The van der Waals surface area contributed by atoms with Crippen LogP contribution in [0, 0.1) is 0 Å². The molecule has 0 aromatic heterocycles. The molecule has 0 aromatic rings. The van der Waals surface area contributed by atoms with Crippen molar-refractivity contribution in [1.82, 2.24) is 0 Å². The molecule has 0 heterocycles. The largest absolute Gasteiger partial charge is 0.417 e. The van der Waals surface area contributed by atoms with E-state index in [0.717, 1.165) is 0 Å². The van der Waals surface area contributed by atoms with Crippen molar-refractivity contribution in [2.45, 2.75) is 71.2 Å². The number of Topliss-reactive ketones (excluding diaryl/α,β-unsaturated/α-hetero) is 1. The third kappa shape index (κ3) is 6.34. The SMILES string of the molecule is CC(=O)CC(C)(O)CCO[Si](C)(C)C(C)(C)C. The first kappa shape index (κ1) is 16.8. The van der Waals surface area contributed by atoms with E-state index in [2.05, 4.69) is 33.9 Å². The fourth-order valence-corrected chi connectivity index (χ4v) is 2.41. The van der Waals surface area contributed by atoms with Gasteiger partial charge in [-0.1, -0.05) is 20.8 Å². The lowest BCUT2D eigenvalue weighted by Gasteiger charge is -2.37. The zero-order valence-corrected chi connectivity index (χ0v) is 13.4. The van der Waals surface area contributed by atoms with E-state index in [-0.39, 0.29) is 17.2 Å². The molecule has 3 nitrogen and oxygen atoms in total. The molecule has 0 spiro atoms. The van der Waals surface area contributed by atoms with Crippen molar-refractivity contribution in [2.24, 2.45) is 0 Å². The molecule has 17 heavy (non-hydrogen) atoms. The van der Waals surface area contributed by atoms with Crippen LogP contribution in [0.4, 0.5) is 0 Å². The molecule has 0 amide bonds. The smallest absolute Gasteiger partial charge is 0.191 e. The summed E-state index contributed by atoms with van der Waals surface area (Å²) in [5, 5.41) is 10.2. The van der Waals surface area contributed by atoms with E-state index in [4.69, 9.17) is 4.43 Å². The predicted molar refractivity (Wildman–Crippen MR) is 73.7 cm³/mol. The average molecular weight is 260 g/mol. The molecule has 4 heteroatoms. The molecule has 0 aliphatic carbocycles. The van der Waals surface area contributed by atoms with Crippen LogP contribution >= 0.6 is 0 Å². The Labute approximate surface area is 107 Å². The first-order valence-corrected chi connectivity index (χ1v) is 9.14. The van der Waals surface area contributed by atoms with Gasteiger partial charge < -0.3 is 9.53 Å². The maximum absolute atomic E-state index is 11.0. The molecule has 0 aliphatic heterocycles. The second-order valence-corrected chi connectivity index (χ2v) is 11.5. The minimum atomic E-state index is -1.74. The first-order chi connectivity index (χ1) is 7.37. The summed E-state index contributed by atoms with van der Waals surface area (Å²) in [5.41, 5.74) is -0.936. The molecule has 1 unspecified atom stereocenters. The fraction of sp³-hybridized carbons (Fsp3) is 0.923. The molecule has 0 saturated carbocycles. The lowest BCUT2D eigenvalue weighted by atomic mass is 9.97. The van der Waals surface area contributed by atoms with E-state index >= 15 is 0 Å². The van der Waals surface area contributed by atoms with E-state index in [1.807, 2.05) is 0 Å². The number of ketones is 1. The Morgan fingerprint density at radius 2 is 1.71 bits per heavy atom. The highest BCUT2D eigenvalue weighted by Crippen LogP contribution is 2.36. The number of carbonyl (C=O) groups is 1. The second-order valence-electron chi connectivity index (χ2n) is 6.73. The molecular weight excluding hydrogens is 232 g/mol. The van der Waals surface area contributed by atoms with Crippen molar-refractivity contribution in [2.75, 3.05) is 6.61 Å². The van der Waals surface area contributed by atoms with Crippen molar-refractivity contribution < 1.29 is 14.3 Å². The molecule has 0 radical (unpaired) electrons. The molecule has 1 N–H and O–H groups in total. The third-order valence-electron chi connectivity index (χ3n) is 3.54. The van der Waals surface area contributed by atoms with Crippen LogP contribution in [0.5, 0.6) is 0 Å². The van der Waals surface area contributed by atoms with Crippen molar-refractivity contribution in [3.8, 4) is 0 Å². The number of hydrogen-bond donors (Lipinski definition) is 1. The van der Waals surface area contributed by atoms with Gasteiger partial charge >= 0.3 is 0 Å². The van der Waals surface area contributed by atoms with Gasteiger partial charge in [-0.25, -0.2) is 0 Å². The minimum absolute atomic E-state index is 0.0160. The van der Waals surface area contributed by atoms with Gasteiger partial charge in [-0.3, -0.25) is 4.79 Å². The van der Waals surface area contributed by atoms with Gasteiger partial charge in [-0.2, -0.15) is 0 Å². The summed E-state index contributed by atoms with van der Waals surface area (Å²) < 4.78 is 5.98. The zero-order valence-electron chi connectivity index (χ0n) is 12.4. The summed E-state index contributed by atoms with van der Waals surface area (Å²) in [5.74, 6) is 0.0160. The summed E-state index contributed by atoms with van der Waals surface area (Å²) in [6, 6.07) is 0. The van der Waals surface area contributed by atoms with Gasteiger partial charge in [0.05, 0.1) is 5.60 Å². The van der Waals surface area contributed by atoms with Crippen LogP contribution in [0.25, 0.3) is 0 Å². The van der Waals surface area contributed by atoms with E-state index < -0.39 is 13.9 Å².